The third kappa shape index (κ3) is 5.20. The van der Waals surface area contributed by atoms with Gasteiger partial charge in [0.15, 0.2) is 0 Å². The number of hydrogen-bond donors (Lipinski definition) is 1. The van der Waals surface area contributed by atoms with Crippen LogP contribution in [-0.2, 0) is 16.6 Å². The van der Waals surface area contributed by atoms with Crippen LogP contribution in [0.1, 0.15) is 66.5 Å². The third-order valence-corrected chi connectivity index (χ3v) is 7.32. The molecule has 1 fully saturated rings. The van der Waals surface area contributed by atoms with Gasteiger partial charge in [-0.25, -0.2) is 0 Å². The predicted octanol–water partition coefficient (Wildman–Crippen LogP) is 6.97. The first kappa shape index (κ1) is 24.1. The number of amides is 2. The number of carbonyl (C=O) groups excluding carboxylic acids is 2. The van der Waals surface area contributed by atoms with Gasteiger partial charge in [0.1, 0.15) is 5.37 Å². The smallest absolute Gasteiger partial charge is 0.255 e. The summed E-state index contributed by atoms with van der Waals surface area (Å²) in [6.45, 7) is 8.62. The number of aryl methyl sites for hydroxylation is 1. The molecule has 1 aliphatic rings. The van der Waals surface area contributed by atoms with Gasteiger partial charge in [0.05, 0.1) is 5.75 Å². The van der Waals surface area contributed by atoms with Crippen LogP contribution in [-0.4, -0.2) is 17.6 Å². The molecule has 1 aliphatic heterocycles. The average molecular weight is 473 g/mol. The Kier molecular flexibility index (Phi) is 7.13. The molecule has 0 radical (unpaired) electrons. The number of carbonyl (C=O) groups is 2. The number of para-hydroxylation sites is 1. The van der Waals surface area contributed by atoms with E-state index in [0.717, 1.165) is 29.8 Å². The van der Waals surface area contributed by atoms with Gasteiger partial charge in [-0.05, 0) is 58.9 Å². The lowest BCUT2D eigenvalue weighted by Crippen LogP contribution is -2.28. The van der Waals surface area contributed by atoms with E-state index in [-0.39, 0.29) is 22.6 Å². The minimum Gasteiger partial charge on any atom is -0.322 e. The summed E-state index contributed by atoms with van der Waals surface area (Å²) in [5, 5.41) is 2.92. The summed E-state index contributed by atoms with van der Waals surface area (Å²) in [5.74, 6) is 0.470. The maximum atomic E-state index is 12.8. The van der Waals surface area contributed by atoms with Crippen LogP contribution in [0.3, 0.4) is 0 Å². The van der Waals surface area contributed by atoms with E-state index in [2.05, 4.69) is 39.1 Å². The van der Waals surface area contributed by atoms with Crippen molar-refractivity contribution >= 4 is 35.0 Å². The quantitative estimate of drug-likeness (QED) is 0.421. The Morgan fingerprint density at radius 3 is 2.32 bits per heavy atom. The van der Waals surface area contributed by atoms with Crippen molar-refractivity contribution in [3.63, 3.8) is 0 Å². The summed E-state index contributed by atoms with van der Waals surface area (Å²) in [7, 11) is 0. The zero-order valence-corrected chi connectivity index (χ0v) is 21.1. The number of nitrogens with zero attached hydrogens (tertiary/aromatic N) is 1. The fourth-order valence-corrected chi connectivity index (χ4v) is 5.38. The van der Waals surface area contributed by atoms with E-state index in [4.69, 9.17) is 0 Å². The number of hydrogen-bond acceptors (Lipinski definition) is 3. The Morgan fingerprint density at radius 1 is 1.00 bits per heavy atom. The van der Waals surface area contributed by atoms with Crippen molar-refractivity contribution in [2.75, 3.05) is 16.0 Å². The van der Waals surface area contributed by atoms with Gasteiger partial charge < -0.3 is 5.32 Å². The maximum absolute atomic E-state index is 12.8. The molecule has 4 rings (SSSR count). The van der Waals surface area contributed by atoms with Gasteiger partial charge in [0.2, 0.25) is 5.91 Å². The van der Waals surface area contributed by atoms with Gasteiger partial charge in [-0.15, -0.1) is 11.8 Å². The van der Waals surface area contributed by atoms with Crippen molar-refractivity contribution in [2.24, 2.45) is 0 Å². The van der Waals surface area contributed by atoms with E-state index in [1.165, 1.54) is 11.1 Å². The summed E-state index contributed by atoms with van der Waals surface area (Å²) in [5.41, 5.74) is 5.87. The molecule has 5 heteroatoms. The molecule has 0 aliphatic carbocycles. The number of rotatable bonds is 6. The summed E-state index contributed by atoms with van der Waals surface area (Å²) >= 11 is 1.64. The zero-order chi connectivity index (χ0) is 24.3. The van der Waals surface area contributed by atoms with Gasteiger partial charge in [0.25, 0.3) is 5.91 Å². The largest absolute Gasteiger partial charge is 0.322 e. The predicted molar refractivity (Wildman–Crippen MR) is 143 cm³/mol. The zero-order valence-electron chi connectivity index (χ0n) is 20.3. The van der Waals surface area contributed by atoms with Crippen LogP contribution < -0.4 is 10.2 Å². The Morgan fingerprint density at radius 2 is 1.68 bits per heavy atom. The van der Waals surface area contributed by atoms with Gasteiger partial charge in [0, 0.05) is 16.9 Å². The topological polar surface area (TPSA) is 49.4 Å². The molecule has 2 amide bonds. The van der Waals surface area contributed by atoms with E-state index in [1.807, 2.05) is 71.6 Å². The number of thioether (sulfide) groups is 1. The van der Waals surface area contributed by atoms with Gasteiger partial charge in [-0.2, -0.15) is 0 Å². The van der Waals surface area contributed by atoms with Crippen LogP contribution in [0.15, 0.2) is 72.8 Å². The Balaban J connectivity index is 1.50. The van der Waals surface area contributed by atoms with Crippen LogP contribution in [0.25, 0.3) is 0 Å². The monoisotopic (exact) mass is 472 g/mol. The molecule has 0 bridgehead atoms. The molecule has 4 nitrogen and oxygen atoms in total. The molecule has 1 saturated heterocycles. The first-order valence-electron chi connectivity index (χ1n) is 11.8. The Bertz CT molecular complexity index is 1160. The van der Waals surface area contributed by atoms with Crippen molar-refractivity contribution < 1.29 is 9.59 Å². The van der Waals surface area contributed by atoms with E-state index in [9.17, 15) is 9.59 Å². The summed E-state index contributed by atoms with van der Waals surface area (Å²) in [4.78, 5) is 27.5. The molecule has 1 heterocycles. The van der Waals surface area contributed by atoms with Crippen LogP contribution >= 0.6 is 11.8 Å². The summed E-state index contributed by atoms with van der Waals surface area (Å²) in [6, 6.07) is 23.8. The molecule has 34 heavy (non-hydrogen) atoms. The summed E-state index contributed by atoms with van der Waals surface area (Å²) in [6.07, 6.45) is 1.98. The highest BCUT2D eigenvalue weighted by Crippen LogP contribution is 2.43. The lowest BCUT2D eigenvalue weighted by molar-refractivity contribution is -0.115. The van der Waals surface area contributed by atoms with Crippen LogP contribution in [0, 0.1) is 0 Å². The average Bonchev–Trinajstić information content (AvgIpc) is 3.21. The maximum Gasteiger partial charge on any atom is 0.255 e. The van der Waals surface area contributed by atoms with E-state index < -0.39 is 0 Å². The second kappa shape index (κ2) is 10.1. The fourth-order valence-electron chi connectivity index (χ4n) is 4.21. The van der Waals surface area contributed by atoms with Crippen molar-refractivity contribution in [3.8, 4) is 0 Å². The highest BCUT2D eigenvalue weighted by Gasteiger charge is 2.35. The standard InChI is InChI=1S/C29H32N2O2S/c1-5-8-20-9-6-7-10-25(20)31-26(32)19-34-28(31)22-13-17-24(18-14-22)30-27(33)21-11-15-23(16-12-21)29(2,3)4/h6-7,9-18,28H,5,8,19H2,1-4H3,(H,30,33)/t28-/m0/s1. The highest BCUT2D eigenvalue weighted by molar-refractivity contribution is 8.00. The Hall–Kier alpha value is -3.05. The van der Waals surface area contributed by atoms with Gasteiger partial charge in [-0.1, -0.05) is 76.6 Å². The minimum atomic E-state index is -0.131. The van der Waals surface area contributed by atoms with Gasteiger partial charge in [-0.3, -0.25) is 14.5 Å². The van der Waals surface area contributed by atoms with Crippen LogP contribution in [0.5, 0.6) is 0 Å². The molecule has 3 aromatic rings. The number of nitrogens with one attached hydrogen (secondary N) is 1. The van der Waals surface area contributed by atoms with E-state index >= 15 is 0 Å². The Labute approximate surface area is 206 Å². The molecular weight excluding hydrogens is 440 g/mol. The lowest BCUT2D eigenvalue weighted by Gasteiger charge is -2.26. The van der Waals surface area contributed by atoms with E-state index in [1.54, 1.807) is 11.8 Å². The first-order valence-corrected chi connectivity index (χ1v) is 12.9. The van der Waals surface area contributed by atoms with E-state index in [0.29, 0.717) is 11.3 Å². The molecular formula is C29H32N2O2S. The second-order valence-corrected chi connectivity index (χ2v) is 10.8. The molecule has 0 saturated carbocycles. The molecule has 0 aromatic heterocycles. The molecule has 0 spiro atoms. The normalized spacial score (nSPS) is 16.1. The van der Waals surface area contributed by atoms with Crippen molar-refractivity contribution in [3.05, 3.63) is 95.1 Å². The summed E-state index contributed by atoms with van der Waals surface area (Å²) < 4.78 is 0. The fraction of sp³-hybridized carbons (Fsp3) is 0.310. The molecule has 0 unspecified atom stereocenters. The number of benzene rings is 3. The van der Waals surface area contributed by atoms with Crippen LogP contribution in [0.4, 0.5) is 11.4 Å². The minimum absolute atomic E-state index is 0.0510. The highest BCUT2D eigenvalue weighted by atomic mass is 32.2. The SMILES string of the molecule is CCCc1ccccc1N1C(=O)CS[C@H]1c1ccc(NC(=O)c2ccc(C(C)(C)C)cc2)cc1. The molecule has 1 atom stereocenters. The number of anilines is 2. The van der Waals surface area contributed by atoms with Crippen molar-refractivity contribution in [1.29, 1.82) is 0 Å². The molecule has 3 aromatic carbocycles. The van der Waals surface area contributed by atoms with Gasteiger partial charge >= 0.3 is 0 Å². The second-order valence-electron chi connectivity index (χ2n) is 9.71. The third-order valence-electron chi connectivity index (χ3n) is 6.11. The lowest BCUT2D eigenvalue weighted by atomic mass is 9.87. The molecule has 1 N–H and O–H groups in total. The van der Waals surface area contributed by atoms with Crippen LogP contribution in [0.2, 0.25) is 0 Å². The first-order chi connectivity index (χ1) is 16.3. The molecule has 176 valence electrons. The van der Waals surface area contributed by atoms with Crippen molar-refractivity contribution in [2.45, 2.75) is 51.3 Å². The van der Waals surface area contributed by atoms with Crippen molar-refractivity contribution in [1.82, 2.24) is 0 Å².